The smallest absolute Gasteiger partial charge is 0.136 e. The van der Waals surface area contributed by atoms with Crippen LogP contribution in [0.4, 0.5) is 0 Å². The average Bonchev–Trinajstić information content (AvgIpc) is 2.82. The summed E-state index contributed by atoms with van der Waals surface area (Å²) in [5.74, 6) is 1.74. The number of hydrogen-bond donors (Lipinski definition) is 0. The lowest BCUT2D eigenvalue weighted by atomic mass is 9.85. The van der Waals surface area contributed by atoms with Crippen LogP contribution >= 0.6 is 0 Å². The summed E-state index contributed by atoms with van der Waals surface area (Å²) in [5.41, 5.74) is 1.86. The Balaban J connectivity index is 1.85. The zero-order valence-electron chi connectivity index (χ0n) is 10.2. The normalized spacial score (nSPS) is 34.9. The van der Waals surface area contributed by atoms with Gasteiger partial charge >= 0.3 is 0 Å². The van der Waals surface area contributed by atoms with Crippen molar-refractivity contribution < 1.29 is 4.79 Å². The van der Waals surface area contributed by atoms with E-state index < -0.39 is 0 Å². The predicted octanol–water partition coefficient (Wildman–Crippen LogP) is 3.74. The van der Waals surface area contributed by atoms with Crippen LogP contribution in [0.1, 0.15) is 52.9 Å². The zero-order valence-corrected chi connectivity index (χ0v) is 10.2. The van der Waals surface area contributed by atoms with Crippen LogP contribution in [0.3, 0.4) is 0 Å². The van der Waals surface area contributed by atoms with Crippen molar-refractivity contribution in [2.45, 2.75) is 52.9 Å². The minimum Gasteiger partial charge on any atom is -0.299 e. The second-order valence-electron chi connectivity index (χ2n) is 5.72. The minimum atomic E-state index is 0.451. The fourth-order valence-corrected chi connectivity index (χ4v) is 3.26. The SMILES string of the molecule is CC(C)=CCC[C@@H](C)[C@@]12CCC(=O)[C@@H]1C2. The highest BCUT2D eigenvalue weighted by Gasteiger charge is 2.63. The number of ketones is 1. The minimum absolute atomic E-state index is 0.451. The maximum absolute atomic E-state index is 11.5. The quantitative estimate of drug-likeness (QED) is 0.640. The van der Waals surface area contributed by atoms with Gasteiger partial charge in [0.1, 0.15) is 5.78 Å². The van der Waals surface area contributed by atoms with E-state index in [4.69, 9.17) is 0 Å². The van der Waals surface area contributed by atoms with E-state index in [1.807, 2.05) is 0 Å². The molecule has 0 aromatic heterocycles. The van der Waals surface area contributed by atoms with Gasteiger partial charge in [0.25, 0.3) is 0 Å². The third-order valence-corrected chi connectivity index (χ3v) is 4.48. The number of fused-ring (bicyclic) bond motifs is 1. The fraction of sp³-hybridized carbons (Fsp3) is 0.786. The first-order valence-electron chi connectivity index (χ1n) is 6.22. The molecule has 0 amide bonds. The number of Topliss-reactive ketones (excluding diaryl/α,β-unsaturated/α-hetero) is 1. The van der Waals surface area contributed by atoms with Gasteiger partial charge in [0.05, 0.1) is 0 Å². The largest absolute Gasteiger partial charge is 0.299 e. The van der Waals surface area contributed by atoms with Crippen LogP contribution in [0.25, 0.3) is 0 Å². The molecule has 0 spiro atoms. The first kappa shape index (κ1) is 10.9. The molecule has 0 aliphatic heterocycles. The lowest BCUT2D eigenvalue weighted by Gasteiger charge is -2.20. The highest BCUT2D eigenvalue weighted by molar-refractivity contribution is 5.87. The Morgan fingerprint density at radius 3 is 2.80 bits per heavy atom. The van der Waals surface area contributed by atoms with E-state index in [0.717, 1.165) is 12.3 Å². The van der Waals surface area contributed by atoms with Gasteiger partial charge in [0.2, 0.25) is 0 Å². The Bertz CT molecular complexity index is 298. The van der Waals surface area contributed by atoms with E-state index in [0.29, 0.717) is 17.1 Å². The molecule has 2 saturated carbocycles. The van der Waals surface area contributed by atoms with Gasteiger partial charge in [-0.05, 0) is 50.9 Å². The molecule has 0 aromatic rings. The van der Waals surface area contributed by atoms with Crippen LogP contribution in [0, 0.1) is 17.3 Å². The molecule has 2 fully saturated rings. The van der Waals surface area contributed by atoms with E-state index in [1.165, 1.54) is 31.3 Å². The number of carbonyl (C=O) groups is 1. The Hall–Kier alpha value is -0.590. The molecular formula is C14H22O. The number of hydrogen-bond acceptors (Lipinski definition) is 1. The summed E-state index contributed by atoms with van der Waals surface area (Å²) in [6, 6.07) is 0. The van der Waals surface area contributed by atoms with Gasteiger partial charge in [-0.2, -0.15) is 0 Å². The van der Waals surface area contributed by atoms with Crippen LogP contribution in [0.2, 0.25) is 0 Å². The molecule has 1 heteroatoms. The van der Waals surface area contributed by atoms with Crippen molar-refractivity contribution in [3.05, 3.63) is 11.6 Å². The van der Waals surface area contributed by atoms with Crippen LogP contribution in [0.5, 0.6) is 0 Å². The van der Waals surface area contributed by atoms with Crippen LogP contribution in [-0.4, -0.2) is 5.78 Å². The average molecular weight is 206 g/mol. The first-order chi connectivity index (χ1) is 7.06. The number of rotatable bonds is 4. The summed E-state index contributed by atoms with van der Waals surface area (Å²) < 4.78 is 0. The van der Waals surface area contributed by atoms with Crippen molar-refractivity contribution >= 4 is 5.78 Å². The van der Waals surface area contributed by atoms with Gasteiger partial charge in [-0.15, -0.1) is 0 Å². The molecule has 0 bridgehead atoms. The van der Waals surface area contributed by atoms with Gasteiger partial charge in [-0.25, -0.2) is 0 Å². The van der Waals surface area contributed by atoms with Crippen molar-refractivity contribution in [1.82, 2.24) is 0 Å². The molecule has 0 radical (unpaired) electrons. The van der Waals surface area contributed by atoms with Gasteiger partial charge < -0.3 is 0 Å². The van der Waals surface area contributed by atoms with Gasteiger partial charge in [-0.3, -0.25) is 4.79 Å². The second kappa shape index (κ2) is 3.77. The molecule has 1 nitrogen and oxygen atoms in total. The Kier molecular flexibility index (Phi) is 2.74. The van der Waals surface area contributed by atoms with Gasteiger partial charge in [0.15, 0.2) is 0 Å². The fourth-order valence-electron chi connectivity index (χ4n) is 3.26. The Morgan fingerprint density at radius 1 is 1.60 bits per heavy atom. The molecular weight excluding hydrogens is 184 g/mol. The maximum Gasteiger partial charge on any atom is 0.136 e. The summed E-state index contributed by atoms with van der Waals surface area (Å²) in [4.78, 5) is 11.5. The van der Waals surface area contributed by atoms with E-state index in [-0.39, 0.29) is 0 Å². The van der Waals surface area contributed by atoms with Gasteiger partial charge in [0, 0.05) is 12.3 Å². The summed E-state index contributed by atoms with van der Waals surface area (Å²) in [7, 11) is 0. The summed E-state index contributed by atoms with van der Waals surface area (Å²) in [5, 5.41) is 0. The Labute approximate surface area is 92.9 Å². The molecule has 0 unspecified atom stereocenters. The molecule has 0 heterocycles. The number of carbonyl (C=O) groups excluding carboxylic acids is 1. The standard InChI is InChI=1S/C14H22O/c1-10(2)5-4-6-11(3)14-8-7-13(15)12(14)9-14/h5,11-12H,4,6-9H2,1-3H3/t11-,12+,14+/m1/s1. The van der Waals surface area contributed by atoms with E-state index in [1.54, 1.807) is 0 Å². The van der Waals surface area contributed by atoms with Crippen LogP contribution in [0.15, 0.2) is 11.6 Å². The molecule has 2 aliphatic carbocycles. The highest BCUT2D eigenvalue weighted by Crippen LogP contribution is 2.66. The molecule has 15 heavy (non-hydrogen) atoms. The topological polar surface area (TPSA) is 17.1 Å². The summed E-state index contributed by atoms with van der Waals surface area (Å²) in [6.45, 7) is 6.65. The molecule has 2 aliphatic rings. The van der Waals surface area contributed by atoms with E-state index in [2.05, 4.69) is 26.8 Å². The van der Waals surface area contributed by atoms with Crippen molar-refractivity contribution in [2.24, 2.45) is 17.3 Å². The molecule has 84 valence electrons. The number of allylic oxidation sites excluding steroid dienone is 2. The monoisotopic (exact) mass is 206 g/mol. The summed E-state index contributed by atoms with van der Waals surface area (Å²) in [6.07, 6.45) is 7.99. The molecule has 2 rings (SSSR count). The highest BCUT2D eigenvalue weighted by atomic mass is 16.1. The molecule has 0 saturated heterocycles. The second-order valence-corrected chi connectivity index (χ2v) is 5.72. The molecule has 0 aromatic carbocycles. The van der Waals surface area contributed by atoms with E-state index in [9.17, 15) is 4.79 Å². The van der Waals surface area contributed by atoms with Crippen LogP contribution < -0.4 is 0 Å². The third-order valence-electron chi connectivity index (χ3n) is 4.48. The summed E-state index contributed by atoms with van der Waals surface area (Å²) >= 11 is 0. The molecule has 0 N–H and O–H groups in total. The van der Waals surface area contributed by atoms with E-state index >= 15 is 0 Å². The lowest BCUT2D eigenvalue weighted by Crippen LogP contribution is -2.12. The van der Waals surface area contributed by atoms with Crippen LogP contribution in [-0.2, 0) is 4.79 Å². The zero-order chi connectivity index (χ0) is 11.1. The van der Waals surface area contributed by atoms with Crippen molar-refractivity contribution in [3.8, 4) is 0 Å². The third kappa shape index (κ3) is 1.89. The molecule has 3 atom stereocenters. The Morgan fingerprint density at radius 2 is 2.33 bits per heavy atom. The van der Waals surface area contributed by atoms with Crippen molar-refractivity contribution in [3.63, 3.8) is 0 Å². The first-order valence-corrected chi connectivity index (χ1v) is 6.22. The van der Waals surface area contributed by atoms with Crippen molar-refractivity contribution in [1.29, 1.82) is 0 Å². The lowest BCUT2D eigenvalue weighted by molar-refractivity contribution is -0.119. The van der Waals surface area contributed by atoms with Crippen molar-refractivity contribution in [2.75, 3.05) is 0 Å². The predicted molar refractivity (Wildman–Crippen MR) is 62.6 cm³/mol. The maximum atomic E-state index is 11.5. The van der Waals surface area contributed by atoms with Gasteiger partial charge in [-0.1, -0.05) is 18.6 Å².